The summed E-state index contributed by atoms with van der Waals surface area (Å²) in [6.07, 6.45) is 2.50. The van der Waals surface area contributed by atoms with Gasteiger partial charge in [-0.05, 0) is 50.4 Å². The molecule has 106 valence electrons. The van der Waals surface area contributed by atoms with Crippen LogP contribution in [0.3, 0.4) is 0 Å². The van der Waals surface area contributed by atoms with E-state index in [1.165, 1.54) is 4.31 Å². The Bertz CT molecular complexity index is 526. The highest BCUT2D eigenvalue weighted by Gasteiger charge is 2.31. The first-order valence-electron chi connectivity index (χ1n) is 6.59. The monoisotopic (exact) mass is 283 g/mol. The van der Waals surface area contributed by atoms with E-state index in [1.54, 1.807) is 0 Å². The summed E-state index contributed by atoms with van der Waals surface area (Å²) in [5, 5.41) is 0. The molecule has 0 amide bonds. The lowest BCUT2D eigenvalue weighted by Crippen LogP contribution is -2.42. The Labute approximate surface area is 115 Å². The van der Waals surface area contributed by atoms with Crippen LogP contribution < -0.4 is 14.8 Å². The summed E-state index contributed by atoms with van der Waals surface area (Å²) in [6.45, 7) is 2.83. The van der Waals surface area contributed by atoms with E-state index in [4.69, 9.17) is 5.73 Å². The summed E-state index contributed by atoms with van der Waals surface area (Å²) in [5.74, 6) is 0. The van der Waals surface area contributed by atoms with Crippen molar-refractivity contribution in [2.24, 2.45) is 5.73 Å². The van der Waals surface area contributed by atoms with Crippen molar-refractivity contribution in [1.29, 1.82) is 0 Å². The molecule has 0 bridgehead atoms. The first-order chi connectivity index (χ1) is 9.03. The minimum absolute atomic E-state index is 0.107. The summed E-state index contributed by atoms with van der Waals surface area (Å²) in [7, 11) is -3.47. The van der Waals surface area contributed by atoms with Gasteiger partial charge in [-0.3, -0.25) is 4.31 Å². The van der Waals surface area contributed by atoms with E-state index in [-0.39, 0.29) is 6.04 Å². The molecule has 0 aliphatic heterocycles. The number of aryl methyl sites for hydroxylation is 1. The maximum atomic E-state index is 12.4. The molecule has 0 radical (unpaired) electrons. The standard InChI is InChI=1S/C13H21N3O2S/c1-11-4-2-5-13(10-11)16(9-3-8-14)19(17,18)15-12-6-7-12/h2,4-5,10,12,15H,3,6-9,14H2,1H3. The van der Waals surface area contributed by atoms with Crippen molar-refractivity contribution in [2.75, 3.05) is 17.4 Å². The maximum absolute atomic E-state index is 12.4. The molecule has 1 aromatic carbocycles. The van der Waals surface area contributed by atoms with Gasteiger partial charge in [0.2, 0.25) is 0 Å². The van der Waals surface area contributed by atoms with E-state index < -0.39 is 10.2 Å². The van der Waals surface area contributed by atoms with Crippen LogP contribution in [0.2, 0.25) is 0 Å². The van der Waals surface area contributed by atoms with Crippen LogP contribution in [0.1, 0.15) is 24.8 Å². The van der Waals surface area contributed by atoms with Crippen molar-refractivity contribution in [3.63, 3.8) is 0 Å². The summed E-state index contributed by atoms with van der Waals surface area (Å²) < 4.78 is 28.9. The fraction of sp³-hybridized carbons (Fsp3) is 0.538. The van der Waals surface area contributed by atoms with E-state index in [1.807, 2.05) is 31.2 Å². The van der Waals surface area contributed by atoms with E-state index in [2.05, 4.69) is 4.72 Å². The molecular formula is C13H21N3O2S. The average molecular weight is 283 g/mol. The molecule has 0 saturated heterocycles. The molecule has 0 spiro atoms. The van der Waals surface area contributed by atoms with Gasteiger partial charge < -0.3 is 5.73 Å². The first kappa shape index (κ1) is 14.3. The fourth-order valence-corrected chi connectivity index (χ4v) is 3.43. The Hall–Kier alpha value is -1.11. The van der Waals surface area contributed by atoms with Crippen molar-refractivity contribution in [2.45, 2.75) is 32.2 Å². The van der Waals surface area contributed by atoms with Gasteiger partial charge in [-0.25, -0.2) is 0 Å². The summed E-state index contributed by atoms with van der Waals surface area (Å²) in [6, 6.07) is 7.62. The van der Waals surface area contributed by atoms with Gasteiger partial charge in [0.25, 0.3) is 0 Å². The zero-order valence-corrected chi connectivity index (χ0v) is 12.0. The van der Waals surface area contributed by atoms with Crippen molar-refractivity contribution in [1.82, 2.24) is 4.72 Å². The number of hydrogen-bond acceptors (Lipinski definition) is 3. The molecule has 1 fully saturated rings. The third kappa shape index (κ3) is 3.92. The van der Waals surface area contributed by atoms with Crippen LogP contribution in [-0.4, -0.2) is 27.5 Å². The fourth-order valence-electron chi connectivity index (χ4n) is 1.88. The van der Waals surface area contributed by atoms with Gasteiger partial charge in [0.1, 0.15) is 0 Å². The molecule has 5 nitrogen and oxygen atoms in total. The largest absolute Gasteiger partial charge is 0.330 e. The Kier molecular flexibility index (Phi) is 4.44. The second-order valence-electron chi connectivity index (χ2n) is 4.95. The zero-order valence-electron chi connectivity index (χ0n) is 11.2. The number of hydrogen-bond donors (Lipinski definition) is 2. The van der Waals surface area contributed by atoms with E-state index >= 15 is 0 Å². The quantitative estimate of drug-likeness (QED) is 0.788. The highest BCUT2D eigenvalue weighted by atomic mass is 32.2. The first-order valence-corrected chi connectivity index (χ1v) is 8.03. The number of nitrogens with two attached hydrogens (primary N) is 1. The van der Waals surface area contributed by atoms with Crippen LogP contribution in [0.4, 0.5) is 5.69 Å². The van der Waals surface area contributed by atoms with Crippen LogP contribution in [-0.2, 0) is 10.2 Å². The molecule has 3 N–H and O–H groups in total. The maximum Gasteiger partial charge on any atom is 0.301 e. The molecule has 1 saturated carbocycles. The minimum atomic E-state index is -3.47. The second-order valence-corrected chi connectivity index (χ2v) is 6.58. The summed E-state index contributed by atoms with van der Waals surface area (Å²) >= 11 is 0. The third-order valence-corrected chi connectivity index (χ3v) is 4.64. The molecule has 1 aliphatic rings. The van der Waals surface area contributed by atoms with Crippen LogP contribution in [0.25, 0.3) is 0 Å². The number of rotatable bonds is 7. The summed E-state index contributed by atoms with van der Waals surface area (Å²) in [4.78, 5) is 0. The van der Waals surface area contributed by atoms with Crippen LogP contribution in [0.5, 0.6) is 0 Å². The van der Waals surface area contributed by atoms with Crippen LogP contribution >= 0.6 is 0 Å². The highest BCUT2D eigenvalue weighted by molar-refractivity contribution is 7.90. The Morgan fingerprint density at radius 2 is 2.16 bits per heavy atom. The van der Waals surface area contributed by atoms with Crippen molar-refractivity contribution < 1.29 is 8.42 Å². The molecule has 1 aliphatic carbocycles. The SMILES string of the molecule is Cc1cccc(N(CCCN)S(=O)(=O)NC2CC2)c1. The number of nitrogens with zero attached hydrogens (tertiary/aromatic N) is 1. The van der Waals surface area contributed by atoms with Gasteiger partial charge >= 0.3 is 10.2 Å². The van der Waals surface area contributed by atoms with Crippen molar-refractivity contribution in [3.05, 3.63) is 29.8 Å². The second kappa shape index (κ2) is 5.90. The molecule has 0 unspecified atom stereocenters. The lowest BCUT2D eigenvalue weighted by Gasteiger charge is -2.24. The molecule has 1 aromatic rings. The molecule has 0 heterocycles. The Balaban J connectivity index is 2.23. The van der Waals surface area contributed by atoms with Gasteiger partial charge in [-0.1, -0.05) is 12.1 Å². The zero-order chi connectivity index (χ0) is 13.9. The molecule has 0 atom stereocenters. The molecule has 2 rings (SSSR count). The Morgan fingerprint density at radius 1 is 1.42 bits per heavy atom. The lowest BCUT2D eigenvalue weighted by molar-refractivity contribution is 0.574. The van der Waals surface area contributed by atoms with Crippen LogP contribution in [0, 0.1) is 6.92 Å². The minimum Gasteiger partial charge on any atom is -0.330 e. The van der Waals surface area contributed by atoms with Gasteiger partial charge in [0.05, 0.1) is 5.69 Å². The molecule has 19 heavy (non-hydrogen) atoms. The Morgan fingerprint density at radius 3 is 2.74 bits per heavy atom. The van der Waals surface area contributed by atoms with Crippen molar-refractivity contribution >= 4 is 15.9 Å². The highest BCUT2D eigenvalue weighted by Crippen LogP contribution is 2.24. The van der Waals surface area contributed by atoms with E-state index in [0.717, 1.165) is 18.4 Å². The normalized spacial score (nSPS) is 15.5. The molecule has 6 heteroatoms. The average Bonchev–Trinajstić information content (AvgIpc) is 3.12. The predicted molar refractivity (Wildman–Crippen MR) is 77.3 cm³/mol. The third-order valence-electron chi connectivity index (χ3n) is 3.04. The van der Waals surface area contributed by atoms with Crippen LogP contribution in [0.15, 0.2) is 24.3 Å². The topological polar surface area (TPSA) is 75.4 Å². The van der Waals surface area contributed by atoms with E-state index in [0.29, 0.717) is 25.2 Å². The van der Waals surface area contributed by atoms with Crippen molar-refractivity contribution in [3.8, 4) is 0 Å². The number of nitrogens with one attached hydrogen (secondary N) is 1. The van der Waals surface area contributed by atoms with Gasteiger partial charge in [-0.15, -0.1) is 0 Å². The smallest absolute Gasteiger partial charge is 0.301 e. The van der Waals surface area contributed by atoms with Gasteiger partial charge in [0, 0.05) is 12.6 Å². The lowest BCUT2D eigenvalue weighted by atomic mass is 10.2. The van der Waals surface area contributed by atoms with Gasteiger partial charge in [-0.2, -0.15) is 13.1 Å². The number of anilines is 1. The van der Waals surface area contributed by atoms with Gasteiger partial charge in [0.15, 0.2) is 0 Å². The molecular weight excluding hydrogens is 262 g/mol. The molecule has 0 aromatic heterocycles. The summed E-state index contributed by atoms with van der Waals surface area (Å²) in [5.41, 5.74) is 7.23. The van der Waals surface area contributed by atoms with E-state index in [9.17, 15) is 8.42 Å². The predicted octanol–water partition coefficient (Wildman–Crippen LogP) is 1.15. The number of benzene rings is 1.